The molecule has 0 spiro atoms. The highest BCUT2D eigenvalue weighted by Crippen LogP contribution is 2.44. The van der Waals surface area contributed by atoms with Crippen LogP contribution in [0.2, 0.25) is 0 Å². The maximum absolute atomic E-state index is 13.3. The van der Waals surface area contributed by atoms with Crippen LogP contribution in [0, 0.1) is 31.6 Å². The Kier molecular flexibility index (Phi) is 10.5. The van der Waals surface area contributed by atoms with Gasteiger partial charge in [0, 0.05) is 12.3 Å². The van der Waals surface area contributed by atoms with Gasteiger partial charge in [-0.1, -0.05) is 50.3 Å². The van der Waals surface area contributed by atoms with Crippen LogP contribution in [0.4, 0.5) is 0 Å². The molecule has 0 fully saturated rings. The Morgan fingerprint density at radius 2 is 1.82 bits per heavy atom. The van der Waals surface area contributed by atoms with E-state index < -0.39 is 48.9 Å². The van der Waals surface area contributed by atoms with Crippen LogP contribution >= 0.6 is 0 Å². The highest BCUT2D eigenvalue weighted by atomic mass is 16.6. The number of aliphatic carboxylic acids is 1. The second-order valence-corrected chi connectivity index (χ2v) is 10.8. The molecule has 0 saturated carbocycles. The number of hydrogen-bond acceptors (Lipinski definition) is 7. The van der Waals surface area contributed by atoms with Crippen LogP contribution in [-0.2, 0) is 14.3 Å². The lowest BCUT2D eigenvalue weighted by atomic mass is 9.66. The van der Waals surface area contributed by atoms with Crippen molar-refractivity contribution in [3.05, 3.63) is 53.1 Å². The number of aliphatic hydroxyl groups excluding tert-OH is 3. The van der Waals surface area contributed by atoms with E-state index in [1.54, 1.807) is 0 Å². The van der Waals surface area contributed by atoms with Gasteiger partial charge in [0.15, 0.2) is 6.10 Å². The molecule has 8 atom stereocenters. The van der Waals surface area contributed by atoms with E-state index in [4.69, 9.17) is 14.6 Å². The van der Waals surface area contributed by atoms with Crippen molar-refractivity contribution in [2.24, 2.45) is 17.8 Å². The molecule has 0 heterocycles. The number of benzene rings is 1. The average molecular weight is 531 g/mol. The Morgan fingerprint density at radius 3 is 2.45 bits per heavy atom. The van der Waals surface area contributed by atoms with Crippen LogP contribution in [0.5, 0.6) is 5.75 Å². The molecular formula is C30H42O8. The first-order chi connectivity index (χ1) is 18.0. The summed E-state index contributed by atoms with van der Waals surface area (Å²) in [6, 6.07) is 5.81. The quantitative estimate of drug-likeness (QED) is 0.299. The van der Waals surface area contributed by atoms with E-state index in [-0.39, 0.29) is 30.6 Å². The van der Waals surface area contributed by atoms with Crippen LogP contribution < -0.4 is 4.74 Å². The monoisotopic (exact) mass is 530 g/mol. The minimum atomic E-state index is -1.11. The number of rotatable bonds is 12. The van der Waals surface area contributed by atoms with E-state index in [0.29, 0.717) is 25.0 Å². The number of hydrogen-bond donors (Lipinski definition) is 4. The third kappa shape index (κ3) is 7.68. The van der Waals surface area contributed by atoms with Crippen molar-refractivity contribution < 1.29 is 39.5 Å². The summed E-state index contributed by atoms with van der Waals surface area (Å²) >= 11 is 0. The van der Waals surface area contributed by atoms with Gasteiger partial charge in [-0.05, 0) is 68.1 Å². The molecule has 2 aliphatic rings. The van der Waals surface area contributed by atoms with E-state index in [0.717, 1.165) is 16.7 Å². The topological polar surface area (TPSA) is 134 Å². The van der Waals surface area contributed by atoms with Crippen molar-refractivity contribution in [3.8, 4) is 5.75 Å². The number of esters is 1. The van der Waals surface area contributed by atoms with Gasteiger partial charge in [-0.3, -0.25) is 4.79 Å². The summed E-state index contributed by atoms with van der Waals surface area (Å²) in [5.74, 6) is -0.891. The maximum Gasteiger partial charge on any atom is 0.347 e. The normalized spacial score (nSPS) is 27.0. The van der Waals surface area contributed by atoms with Crippen molar-refractivity contribution in [1.82, 2.24) is 0 Å². The summed E-state index contributed by atoms with van der Waals surface area (Å²) in [4.78, 5) is 24.2. The van der Waals surface area contributed by atoms with Gasteiger partial charge in [0.1, 0.15) is 11.9 Å². The number of carboxylic acids is 1. The summed E-state index contributed by atoms with van der Waals surface area (Å²) in [5, 5.41) is 39.7. The zero-order valence-corrected chi connectivity index (χ0v) is 22.7. The van der Waals surface area contributed by atoms with Gasteiger partial charge in [-0.2, -0.15) is 0 Å². The number of carbonyl (C=O) groups is 2. The number of aryl methyl sites for hydroxylation is 2. The lowest BCUT2D eigenvalue weighted by Crippen LogP contribution is -2.44. The highest BCUT2D eigenvalue weighted by molar-refractivity contribution is 5.75. The average Bonchev–Trinajstić information content (AvgIpc) is 2.82. The second-order valence-electron chi connectivity index (χ2n) is 10.8. The van der Waals surface area contributed by atoms with E-state index in [2.05, 4.69) is 13.0 Å². The molecule has 1 aromatic carbocycles. The highest BCUT2D eigenvalue weighted by Gasteiger charge is 2.42. The molecule has 0 radical (unpaired) electrons. The number of para-hydroxylation sites is 1. The summed E-state index contributed by atoms with van der Waals surface area (Å²) in [6.07, 6.45) is 3.06. The summed E-state index contributed by atoms with van der Waals surface area (Å²) in [7, 11) is 0. The minimum Gasteiger partial charge on any atom is -0.481 e. The molecule has 0 aromatic heterocycles. The molecule has 8 nitrogen and oxygen atoms in total. The number of aliphatic hydroxyl groups is 3. The predicted octanol–water partition coefficient (Wildman–Crippen LogP) is 3.87. The SMILES string of the molecule is CCC(Oc1c(C)cccc1C)C(=O)OC1CC(O)C=C2C=CC(C)C(CCC(O)CC(O)CC(=O)O)C21. The van der Waals surface area contributed by atoms with Gasteiger partial charge in [-0.25, -0.2) is 4.79 Å². The van der Waals surface area contributed by atoms with Gasteiger partial charge in [0.2, 0.25) is 0 Å². The Balaban J connectivity index is 1.73. The first kappa shape index (κ1) is 29.9. The molecule has 0 bridgehead atoms. The number of allylic oxidation sites excluding steroid dienone is 2. The molecule has 3 rings (SSSR count). The van der Waals surface area contributed by atoms with Crippen molar-refractivity contribution >= 4 is 11.9 Å². The van der Waals surface area contributed by atoms with Crippen LogP contribution in [-0.4, -0.2) is 62.9 Å². The lowest BCUT2D eigenvalue weighted by molar-refractivity contribution is -0.163. The van der Waals surface area contributed by atoms with Gasteiger partial charge >= 0.3 is 11.9 Å². The number of ether oxygens (including phenoxy) is 2. The van der Waals surface area contributed by atoms with Crippen LogP contribution in [0.3, 0.4) is 0 Å². The first-order valence-electron chi connectivity index (χ1n) is 13.6. The smallest absolute Gasteiger partial charge is 0.347 e. The number of carboxylic acid groups (broad SMARTS) is 1. The molecule has 1 aromatic rings. The summed E-state index contributed by atoms with van der Waals surface area (Å²) in [6.45, 7) is 7.82. The zero-order chi connectivity index (χ0) is 28.0. The van der Waals surface area contributed by atoms with Crippen molar-refractivity contribution in [1.29, 1.82) is 0 Å². The van der Waals surface area contributed by atoms with E-state index in [1.807, 2.05) is 51.1 Å². The van der Waals surface area contributed by atoms with Gasteiger partial charge in [0.05, 0.1) is 24.7 Å². The molecule has 210 valence electrons. The van der Waals surface area contributed by atoms with Gasteiger partial charge in [-0.15, -0.1) is 0 Å². The summed E-state index contributed by atoms with van der Waals surface area (Å²) < 4.78 is 12.2. The number of carbonyl (C=O) groups excluding carboxylic acids is 1. The largest absolute Gasteiger partial charge is 0.481 e. The molecule has 0 saturated heterocycles. The van der Waals surface area contributed by atoms with Crippen LogP contribution in [0.1, 0.15) is 63.5 Å². The Hall–Kier alpha value is -2.68. The predicted molar refractivity (Wildman–Crippen MR) is 143 cm³/mol. The Morgan fingerprint density at radius 1 is 1.13 bits per heavy atom. The molecule has 0 amide bonds. The fraction of sp³-hybridized carbons (Fsp3) is 0.600. The molecule has 38 heavy (non-hydrogen) atoms. The van der Waals surface area contributed by atoms with Crippen molar-refractivity contribution in [2.45, 2.75) is 96.7 Å². The van der Waals surface area contributed by atoms with E-state index in [9.17, 15) is 24.9 Å². The van der Waals surface area contributed by atoms with Crippen LogP contribution in [0.15, 0.2) is 42.0 Å². The third-order valence-corrected chi connectivity index (χ3v) is 7.73. The Labute approximate surface area is 225 Å². The fourth-order valence-electron chi connectivity index (χ4n) is 5.74. The summed E-state index contributed by atoms with van der Waals surface area (Å²) in [5.41, 5.74) is 2.79. The molecule has 8 heteroatoms. The Bertz CT molecular complexity index is 1010. The molecular weight excluding hydrogens is 488 g/mol. The van der Waals surface area contributed by atoms with E-state index in [1.165, 1.54) is 0 Å². The van der Waals surface area contributed by atoms with Gasteiger partial charge < -0.3 is 29.9 Å². The maximum atomic E-state index is 13.3. The van der Waals surface area contributed by atoms with Gasteiger partial charge in [0.25, 0.3) is 0 Å². The third-order valence-electron chi connectivity index (χ3n) is 7.73. The zero-order valence-electron chi connectivity index (χ0n) is 22.7. The molecule has 2 aliphatic carbocycles. The van der Waals surface area contributed by atoms with Crippen LogP contribution in [0.25, 0.3) is 0 Å². The standard InChI is InChI=1S/C30H42O8/c1-5-25(37-29-18(3)7-6-8-19(29)4)30(36)38-26-15-22(32)13-20-10-9-17(2)24(28(20)26)12-11-21(31)14-23(33)16-27(34)35/h6-10,13,17,21-26,28,31-33H,5,11-12,14-16H2,1-4H3,(H,34,35). The van der Waals surface area contributed by atoms with Crippen molar-refractivity contribution in [3.63, 3.8) is 0 Å². The molecule has 8 unspecified atom stereocenters. The first-order valence-corrected chi connectivity index (χ1v) is 13.6. The fourth-order valence-corrected chi connectivity index (χ4v) is 5.74. The van der Waals surface area contributed by atoms with E-state index >= 15 is 0 Å². The molecule has 0 aliphatic heterocycles. The second kappa shape index (κ2) is 13.4. The van der Waals surface area contributed by atoms with Crippen molar-refractivity contribution in [2.75, 3.05) is 0 Å². The number of fused-ring (bicyclic) bond motifs is 1. The lowest BCUT2D eigenvalue weighted by Gasteiger charge is -2.43. The minimum absolute atomic E-state index is 0.0123. The molecule has 4 N–H and O–H groups in total.